The maximum atomic E-state index is 11.8. The summed E-state index contributed by atoms with van der Waals surface area (Å²) >= 11 is 0. The lowest BCUT2D eigenvalue weighted by atomic mass is 10.2. The second-order valence-corrected chi connectivity index (χ2v) is 3.82. The summed E-state index contributed by atoms with van der Waals surface area (Å²) in [4.78, 5) is 13.6. The average molecular weight is 217 g/mol. The van der Waals surface area contributed by atoms with Gasteiger partial charge in [0.05, 0.1) is 6.61 Å². The van der Waals surface area contributed by atoms with E-state index in [1.807, 2.05) is 18.7 Å². The highest BCUT2D eigenvalue weighted by atomic mass is 16.5. The number of rotatable bonds is 8. The summed E-state index contributed by atoms with van der Waals surface area (Å²) < 4.78 is 9.95. The highest BCUT2D eigenvalue weighted by Crippen LogP contribution is 2.02. The van der Waals surface area contributed by atoms with Crippen molar-refractivity contribution in [2.24, 2.45) is 5.92 Å². The van der Waals surface area contributed by atoms with E-state index in [1.54, 1.807) is 14.2 Å². The first kappa shape index (κ1) is 14.4. The molecule has 0 unspecified atom stereocenters. The van der Waals surface area contributed by atoms with Gasteiger partial charge in [0.1, 0.15) is 0 Å². The van der Waals surface area contributed by atoms with Crippen molar-refractivity contribution >= 4 is 5.91 Å². The number of carbonyl (C=O) groups excluding carboxylic acids is 1. The van der Waals surface area contributed by atoms with E-state index in [0.29, 0.717) is 19.8 Å². The van der Waals surface area contributed by atoms with Crippen LogP contribution < -0.4 is 0 Å². The van der Waals surface area contributed by atoms with E-state index in [2.05, 4.69) is 0 Å². The van der Waals surface area contributed by atoms with Crippen molar-refractivity contribution in [3.63, 3.8) is 0 Å². The van der Waals surface area contributed by atoms with Crippen LogP contribution in [0, 0.1) is 5.92 Å². The third-order valence-electron chi connectivity index (χ3n) is 2.15. The number of methoxy groups -OCH3 is 2. The predicted molar refractivity (Wildman–Crippen MR) is 59.8 cm³/mol. The number of ether oxygens (including phenoxy) is 2. The van der Waals surface area contributed by atoms with Crippen LogP contribution in [-0.2, 0) is 14.3 Å². The third-order valence-corrected chi connectivity index (χ3v) is 2.15. The van der Waals surface area contributed by atoms with Gasteiger partial charge in [0.25, 0.3) is 0 Å². The zero-order valence-corrected chi connectivity index (χ0v) is 10.3. The van der Waals surface area contributed by atoms with E-state index in [1.165, 1.54) is 0 Å². The molecule has 0 atom stereocenters. The van der Waals surface area contributed by atoms with Crippen LogP contribution in [0.2, 0.25) is 0 Å². The Morgan fingerprint density at radius 2 is 1.73 bits per heavy atom. The van der Waals surface area contributed by atoms with Gasteiger partial charge in [0.15, 0.2) is 0 Å². The summed E-state index contributed by atoms with van der Waals surface area (Å²) in [6.45, 7) is 6.52. The van der Waals surface area contributed by atoms with Gasteiger partial charge in [-0.15, -0.1) is 0 Å². The van der Waals surface area contributed by atoms with Gasteiger partial charge in [-0.2, -0.15) is 0 Å². The fourth-order valence-corrected chi connectivity index (χ4v) is 1.30. The van der Waals surface area contributed by atoms with Crippen LogP contribution in [0.5, 0.6) is 0 Å². The Morgan fingerprint density at radius 3 is 2.20 bits per heavy atom. The normalized spacial score (nSPS) is 10.7. The van der Waals surface area contributed by atoms with Gasteiger partial charge in [-0.05, 0) is 6.42 Å². The molecule has 0 aliphatic carbocycles. The van der Waals surface area contributed by atoms with Gasteiger partial charge < -0.3 is 14.4 Å². The molecule has 0 N–H and O–H groups in total. The molecule has 0 aliphatic heterocycles. The fraction of sp³-hybridized carbons (Fsp3) is 0.909. The Morgan fingerprint density at radius 1 is 1.13 bits per heavy atom. The highest BCUT2D eigenvalue weighted by molar-refractivity contribution is 5.78. The van der Waals surface area contributed by atoms with Crippen LogP contribution in [0.3, 0.4) is 0 Å². The second-order valence-electron chi connectivity index (χ2n) is 3.82. The quantitative estimate of drug-likeness (QED) is 0.573. The van der Waals surface area contributed by atoms with E-state index >= 15 is 0 Å². The van der Waals surface area contributed by atoms with Gasteiger partial charge in [-0.3, -0.25) is 4.79 Å². The summed E-state index contributed by atoms with van der Waals surface area (Å²) in [5.74, 6) is 0.229. The van der Waals surface area contributed by atoms with E-state index in [9.17, 15) is 4.79 Å². The Hall–Kier alpha value is -0.610. The minimum absolute atomic E-state index is 0.0457. The molecular formula is C11H23NO3. The lowest BCUT2D eigenvalue weighted by molar-refractivity contribution is -0.135. The maximum Gasteiger partial charge on any atom is 0.225 e. The summed E-state index contributed by atoms with van der Waals surface area (Å²) in [6, 6.07) is 0. The number of nitrogens with zero attached hydrogens (tertiary/aromatic N) is 1. The van der Waals surface area contributed by atoms with E-state index < -0.39 is 0 Å². The SMILES string of the molecule is COCCCN(CCOC)C(=O)C(C)C. The van der Waals surface area contributed by atoms with E-state index in [-0.39, 0.29) is 11.8 Å². The standard InChI is InChI=1S/C11H23NO3/c1-10(2)11(13)12(7-9-15-4)6-5-8-14-3/h10H,5-9H2,1-4H3. The molecule has 0 heterocycles. The van der Waals surface area contributed by atoms with Crippen LogP contribution in [0.4, 0.5) is 0 Å². The van der Waals surface area contributed by atoms with Gasteiger partial charge in [0.2, 0.25) is 5.91 Å². The van der Waals surface area contributed by atoms with Crippen LogP contribution >= 0.6 is 0 Å². The number of carbonyl (C=O) groups is 1. The topological polar surface area (TPSA) is 38.8 Å². The summed E-state index contributed by atoms with van der Waals surface area (Å²) in [6.07, 6.45) is 0.874. The van der Waals surface area contributed by atoms with Crippen molar-refractivity contribution in [3.05, 3.63) is 0 Å². The zero-order valence-electron chi connectivity index (χ0n) is 10.3. The molecule has 0 aromatic carbocycles. The molecular weight excluding hydrogens is 194 g/mol. The van der Waals surface area contributed by atoms with Gasteiger partial charge in [0, 0.05) is 39.8 Å². The number of hydrogen-bond donors (Lipinski definition) is 0. The molecule has 0 spiro atoms. The van der Waals surface area contributed by atoms with Crippen molar-refractivity contribution < 1.29 is 14.3 Å². The van der Waals surface area contributed by atoms with Crippen LogP contribution in [0.15, 0.2) is 0 Å². The molecule has 90 valence electrons. The van der Waals surface area contributed by atoms with Gasteiger partial charge in [-0.25, -0.2) is 0 Å². The molecule has 0 saturated carbocycles. The molecule has 0 rings (SSSR count). The van der Waals surface area contributed by atoms with E-state index in [0.717, 1.165) is 13.0 Å². The minimum Gasteiger partial charge on any atom is -0.385 e. The van der Waals surface area contributed by atoms with Crippen molar-refractivity contribution in [1.82, 2.24) is 4.90 Å². The first-order valence-electron chi connectivity index (χ1n) is 5.40. The molecule has 0 aromatic rings. The number of hydrogen-bond acceptors (Lipinski definition) is 3. The Balaban J connectivity index is 3.99. The Kier molecular flexibility index (Phi) is 8.33. The van der Waals surface area contributed by atoms with Crippen molar-refractivity contribution in [1.29, 1.82) is 0 Å². The van der Waals surface area contributed by atoms with Crippen LogP contribution in [-0.4, -0.2) is 51.3 Å². The average Bonchev–Trinajstić information content (AvgIpc) is 2.22. The lowest BCUT2D eigenvalue weighted by Crippen LogP contribution is -2.37. The maximum absolute atomic E-state index is 11.8. The molecule has 0 aliphatic rings. The van der Waals surface area contributed by atoms with Gasteiger partial charge >= 0.3 is 0 Å². The minimum atomic E-state index is 0.0457. The molecule has 4 nitrogen and oxygen atoms in total. The van der Waals surface area contributed by atoms with E-state index in [4.69, 9.17) is 9.47 Å². The van der Waals surface area contributed by atoms with Crippen LogP contribution in [0.25, 0.3) is 0 Å². The molecule has 15 heavy (non-hydrogen) atoms. The second kappa shape index (κ2) is 8.68. The van der Waals surface area contributed by atoms with Gasteiger partial charge in [-0.1, -0.05) is 13.8 Å². The molecule has 4 heteroatoms. The Bertz CT molecular complexity index is 171. The molecule has 0 radical (unpaired) electrons. The summed E-state index contributed by atoms with van der Waals surface area (Å²) in [5, 5.41) is 0. The zero-order chi connectivity index (χ0) is 11.7. The first-order valence-corrected chi connectivity index (χ1v) is 5.40. The fourth-order valence-electron chi connectivity index (χ4n) is 1.30. The van der Waals surface area contributed by atoms with Crippen molar-refractivity contribution in [2.45, 2.75) is 20.3 Å². The van der Waals surface area contributed by atoms with Crippen molar-refractivity contribution in [3.8, 4) is 0 Å². The Labute approximate surface area is 92.5 Å². The largest absolute Gasteiger partial charge is 0.385 e. The lowest BCUT2D eigenvalue weighted by Gasteiger charge is -2.24. The molecule has 0 fully saturated rings. The monoisotopic (exact) mass is 217 g/mol. The summed E-state index contributed by atoms with van der Waals surface area (Å²) in [5.41, 5.74) is 0. The van der Waals surface area contributed by atoms with Crippen molar-refractivity contribution in [2.75, 3.05) is 40.5 Å². The molecule has 0 bridgehead atoms. The highest BCUT2D eigenvalue weighted by Gasteiger charge is 2.15. The predicted octanol–water partition coefficient (Wildman–Crippen LogP) is 1.15. The number of amides is 1. The third kappa shape index (κ3) is 6.47. The molecule has 1 amide bonds. The molecule has 0 aromatic heterocycles. The smallest absolute Gasteiger partial charge is 0.225 e. The summed E-state index contributed by atoms with van der Waals surface area (Å²) in [7, 11) is 3.32. The molecule has 0 saturated heterocycles. The first-order chi connectivity index (χ1) is 7.13. The van der Waals surface area contributed by atoms with Crippen LogP contribution in [0.1, 0.15) is 20.3 Å².